The molecular formula is C15H29N3O5S. The fourth-order valence-corrected chi connectivity index (χ4v) is 5.29. The van der Waals surface area contributed by atoms with Crippen LogP contribution < -0.4 is 5.32 Å². The highest BCUT2D eigenvalue weighted by Gasteiger charge is 2.40. The molecule has 0 aromatic heterocycles. The van der Waals surface area contributed by atoms with Gasteiger partial charge in [0.2, 0.25) is 5.91 Å². The third-order valence-electron chi connectivity index (χ3n) is 4.74. The van der Waals surface area contributed by atoms with Crippen LogP contribution in [-0.2, 0) is 4.79 Å². The first kappa shape index (κ1) is 19.3. The van der Waals surface area contributed by atoms with Gasteiger partial charge in [0.1, 0.15) is 6.04 Å². The summed E-state index contributed by atoms with van der Waals surface area (Å²) in [5.74, 6) is 0.220. The Kier molecular flexibility index (Phi) is 5.68. The van der Waals surface area contributed by atoms with E-state index in [0.29, 0.717) is 38.2 Å². The van der Waals surface area contributed by atoms with E-state index < -0.39 is 28.3 Å². The highest BCUT2D eigenvalue weighted by atomic mass is 32.3. The van der Waals surface area contributed by atoms with E-state index in [0.717, 1.165) is 6.42 Å². The van der Waals surface area contributed by atoms with Crippen LogP contribution in [0.5, 0.6) is 0 Å². The lowest BCUT2D eigenvalue weighted by Gasteiger charge is -2.45. The second kappa shape index (κ2) is 7.07. The Morgan fingerprint density at radius 2 is 1.75 bits per heavy atom. The quantitative estimate of drug-likeness (QED) is 0.610. The van der Waals surface area contributed by atoms with Crippen LogP contribution in [0.25, 0.3) is 0 Å². The number of nitrogens with zero attached hydrogens (tertiary/aromatic N) is 2. The van der Waals surface area contributed by atoms with Crippen molar-refractivity contribution in [3.8, 4) is 0 Å². The monoisotopic (exact) mass is 363 g/mol. The number of likely N-dealkylation sites (tertiary alicyclic amines) is 1. The van der Waals surface area contributed by atoms with Gasteiger partial charge in [0.05, 0.1) is 5.75 Å². The van der Waals surface area contributed by atoms with Gasteiger partial charge in [-0.2, -0.15) is 0 Å². The maximum Gasteiger partial charge on any atom is 0.405 e. The van der Waals surface area contributed by atoms with Crippen LogP contribution in [0.15, 0.2) is 0 Å². The van der Waals surface area contributed by atoms with Gasteiger partial charge in [0.15, 0.2) is 0 Å². The van der Waals surface area contributed by atoms with Crippen LogP contribution in [0.1, 0.15) is 40.0 Å². The summed E-state index contributed by atoms with van der Waals surface area (Å²) in [5, 5.41) is 11.3. The standard InChI is InChI=1S/C15H29N3O5S/c1-15(2,3)12(16-14(20)21)13(19)17-8-5-11(6-9-17)18-7-4-10-24(18,22)23/h11-12,16,22-23H,4-10H2,1-3H3,(H,20,21)/t12-/m0/s1. The molecule has 0 unspecified atom stereocenters. The van der Waals surface area contributed by atoms with E-state index in [1.165, 1.54) is 0 Å². The summed E-state index contributed by atoms with van der Waals surface area (Å²) >= 11 is 0. The summed E-state index contributed by atoms with van der Waals surface area (Å²) in [6.07, 6.45) is 0.928. The maximum atomic E-state index is 12.7. The molecule has 140 valence electrons. The normalized spacial score (nSPS) is 25.3. The van der Waals surface area contributed by atoms with Gasteiger partial charge in [-0.3, -0.25) is 13.9 Å². The van der Waals surface area contributed by atoms with Crippen molar-refractivity contribution < 1.29 is 23.8 Å². The van der Waals surface area contributed by atoms with Gasteiger partial charge in [-0.1, -0.05) is 20.8 Å². The van der Waals surface area contributed by atoms with E-state index in [1.807, 2.05) is 20.8 Å². The van der Waals surface area contributed by atoms with Crippen molar-refractivity contribution in [3.63, 3.8) is 0 Å². The Morgan fingerprint density at radius 1 is 1.17 bits per heavy atom. The molecule has 4 N–H and O–H groups in total. The molecule has 2 heterocycles. The van der Waals surface area contributed by atoms with Crippen LogP contribution in [0.2, 0.25) is 0 Å². The van der Waals surface area contributed by atoms with Crippen LogP contribution in [0.4, 0.5) is 4.79 Å². The van der Waals surface area contributed by atoms with E-state index in [4.69, 9.17) is 5.11 Å². The Bertz CT molecular complexity index is 486. The molecule has 0 radical (unpaired) electrons. The summed E-state index contributed by atoms with van der Waals surface area (Å²) in [5.41, 5.74) is -0.517. The van der Waals surface area contributed by atoms with Gasteiger partial charge in [-0.25, -0.2) is 9.10 Å². The first-order valence-electron chi connectivity index (χ1n) is 8.33. The number of hydrogen-bond donors (Lipinski definition) is 4. The molecule has 0 aromatic carbocycles. The van der Waals surface area contributed by atoms with Crippen molar-refractivity contribution in [2.24, 2.45) is 5.41 Å². The molecule has 9 heteroatoms. The Morgan fingerprint density at radius 3 is 2.17 bits per heavy atom. The zero-order valence-electron chi connectivity index (χ0n) is 14.6. The van der Waals surface area contributed by atoms with Gasteiger partial charge >= 0.3 is 6.09 Å². The summed E-state index contributed by atoms with van der Waals surface area (Å²) in [7, 11) is -2.64. The molecule has 2 rings (SSSR count). The third-order valence-corrected chi connectivity index (χ3v) is 6.80. The summed E-state index contributed by atoms with van der Waals surface area (Å²) < 4.78 is 22.0. The number of rotatable bonds is 3. The molecule has 8 nitrogen and oxygen atoms in total. The average molecular weight is 363 g/mol. The van der Waals surface area contributed by atoms with Gasteiger partial charge in [0, 0.05) is 25.7 Å². The molecule has 2 aliphatic rings. The first-order valence-corrected chi connectivity index (χ1v) is 10.0. The highest BCUT2D eigenvalue weighted by molar-refractivity contribution is 8.22. The number of amides is 2. The molecule has 0 aliphatic carbocycles. The number of carbonyl (C=O) groups is 2. The minimum absolute atomic E-state index is 0.0714. The van der Waals surface area contributed by atoms with Gasteiger partial charge in [-0.15, -0.1) is 10.8 Å². The summed E-state index contributed by atoms with van der Waals surface area (Å²) in [6.45, 7) is 7.19. The molecule has 2 fully saturated rings. The Balaban J connectivity index is 1.97. The number of hydrogen-bond acceptors (Lipinski definition) is 5. The number of carbonyl (C=O) groups excluding carboxylic acids is 1. The second-order valence-electron chi connectivity index (χ2n) is 7.64. The van der Waals surface area contributed by atoms with Gasteiger partial charge in [-0.05, 0) is 24.7 Å². The number of carboxylic acid groups (broad SMARTS) is 1. The van der Waals surface area contributed by atoms with Crippen molar-refractivity contribution in [3.05, 3.63) is 0 Å². The smallest absolute Gasteiger partial charge is 0.405 e. The predicted molar refractivity (Wildman–Crippen MR) is 93.0 cm³/mol. The van der Waals surface area contributed by atoms with Crippen molar-refractivity contribution in [1.29, 1.82) is 0 Å². The second-order valence-corrected chi connectivity index (χ2v) is 9.78. The molecule has 0 spiro atoms. The Labute approximate surface area is 144 Å². The molecule has 1 atom stereocenters. The lowest BCUT2D eigenvalue weighted by Crippen LogP contribution is -2.57. The van der Waals surface area contributed by atoms with E-state index in [2.05, 4.69) is 5.32 Å². The molecule has 2 saturated heterocycles. The summed E-state index contributed by atoms with van der Waals surface area (Å²) in [4.78, 5) is 25.4. The maximum absolute atomic E-state index is 12.7. The van der Waals surface area contributed by atoms with Crippen LogP contribution in [0, 0.1) is 5.41 Å². The number of nitrogens with one attached hydrogen (secondary N) is 1. The van der Waals surface area contributed by atoms with E-state index in [1.54, 1.807) is 9.21 Å². The fourth-order valence-electron chi connectivity index (χ4n) is 3.43. The van der Waals surface area contributed by atoms with Crippen molar-refractivity contribution in [2.45, 2.75) is 52.1 Å². The van der Waals surface area contributed by atoms with Gasteiger partial charge < -0.3 is 15.3 Å². The molecule has 24 heavy (non-hydrogen) atoms. The zero-order chi connectivity index (χ0) is 18.1. The molecule has 0 saturated carbocycles. The molecule has 2 aliphatic heterocycles. The Hall–Kier alpha value is -1.03. The first-order chi connectivity index (χ1) is 11.0. The van der Waals surface area contributed by atoms with E-state index in [-0.39, 0.29) is 11.9 Å². The predicted octanol–water partition coefficient (Wildman–Crippen LogP) is 2.03. The minimum atomic E-state index is -2.64. The van der Waals surface area contributed by atoms with Crippen molar-refractivity contribution in [1.82, 2.24) is 14.5 Å². The highest BCUT2D eigenvalue weighted by Crippen LogP contribution is 2.51. The molecule has 2 amide bonds. The van der Waals surface area contributed by atoms with Crippen LogP contribution in [0.3, 0.4) is 0 Å². The number of piperidine rings is 1. The lowest BCUT2D eigenvalue weighted by atomic mass is 9.85. The minimum Gasteiger partial charge on any atom is -0.465 e. The molecule has 0 bridgehead atoms. The molecule has 0 aromatic rings. The largest absolute Gasteiger partial charge is 0.465 e. The topological polar surface area (TPSA) is 113 Å². The third kappa shape index (κ3) is 4.33. The average Bonchev–Trinajstić information content (AvgIpc) is 2.82. The van der Waals surface area contributed by atoms with Crippen molar-refractivity contribution in [2.75, 3.05) is 25.4 Å². The van der Waals surface area contributed by atoms with Crippen LogP contribution in [-0.4, -0.2) is 72.9 Å². The van der Waals surface area contributed by atoms with Crippen molar-refractivity contribution >= 4 is 22.8 Å². The SMILES string of the molecule is CC(C)(C)[C@@H](NC(=O)O)C(=O)N1CCC(N2CCCS2(O)O)CC1. The van der Waals surface area contributed by atoms with E-state index >= 15 is 0 Å². The summed E-state index contributed by atoms with van der Waals surface area (Å²) in [6, 6.07) is -0.721. The van der Waals surface area contributed by atoms with Crippen LogP contribution >= 0.6 is 10.8 Å². The fraction of sp³-hybridized carbons (Fsp3) is 0.867. The van der Waals surface area contributed by atoms with E-state index in [9.17, 15) is 18.7 Å². The lowest BCUT2D eigenvalue weighted by molar-refractivity contribution is -0.137. The molecular weight excluding hydrogens is 334 g/mol. The van der Waals surface area contributed by atoms with Gasteiger partial charge in [0.25, 0.3) is 0 Å². The zero-order valence-corrected chi connectivity index (χ0v) is 15.4.